The Kier molecular flexibility index (Phi) is 10.9. The van der Waals surface area contributed by atoms with E-state index in [-0.39, 0.29) is 17.2 Å². The number of aliphatic hydroxyl groups is 7. The Bertz CT molecular complexity index is 1030. The molecule has 2 aliphatic rings. The molecule has 1 aromatic carbocycles. The summed E-state index contributed by atoms with van der Waals surface area (Å²) in [5.74, 6) is 0.0532. The van der Waals surface area contributed by atoms with Crippen LogP contribution in [0.25, 0.3) is 0 Å². The number of phenols is 1. The van der Waals surface area contributed by atoms with Crippen LogP contribution < -0.4 is 10.6 Å². The lowest BCUT2D eigenvalue weighted by atomic mass is 9.87. The Hall–Kier alpha value is -2.55. The Morgan fingerprint density at radius 3 is 2.33 bits per heavy atom. The highest BCUT2D eigenvalue weighted by Crippen LogP contribution is 2.38. The molecule has 1 aliphatic heterocycles. The summed E-state index contributed by atoms with van der Waals surface area (Å²) in [5.41, 5.74) is 1.48. The number of urea groups is 1. The number of carbonyl (C=O) groups excluding carboxylic acids is 1. The molecule has 1 saturated heterocycles. The minimum atomic E-state index is -1.55. The molecule has 0 aromatic heterocycles. The molecular weight excluding hydrogens is 512 g/mol. The molecule has 1 heterocycles. The molecule has 0 saturated carbocycles. The molecule has 218 valence electrons. The molecule has 0 radical (unpaired) electrons. The maximum atomic E-state index is 12.1. The van der Waals surface area contributed by atoms with Crippen molar-refractivity contribution in [1.82, 2.24) is 10.6 Å². The molecule has 1 unspecified atom stereocenters. The fraction of sp³-hybridized carbons (Fsp3) is 0.593. The first-order chi connectivity index (χ1) is 18.6. The fourth-order valence-corrected chi connectivity index (χ4v) is 4.73. The molecule has 10 N–H and O–H groups in total. The summed E-state index contributed by atoms with van der Waals surface area (Å²) in [5, 5.41) is 83.8. The Morgan fingerprint density at radius 2 is 1.74 bits per heavy atom. The third-order valence-corrected chi connectivity index (χ3v) is 7.43. The van der Waals surface area contributed by atoms with Gasteiger partial charge in [0.1, 0.15) is 41.8 Å². The van der Waals surface area contributed by atoms with E-state index in [4.69, 9.17) is 4.74 Å². The minimum absolute atomic E-state index is 0.125. The lowest BCUT2D eigenvalue weighted by Gasteiger charge is -2.40. The zero-order valence-corrected chi connectivity index (χ0v) is 21.9. The van der Waals surface area contributed by atoms with Gasteiger partial charge in [-0.15, -0.1) is 0 Å². The Morgan fingerprint density at radius 1 is 1.05 bits per heavy atom. The normalized spacial score (nSPS) is 27.2. The third kappa shape index (κ3) is 7.35. The van der Waals surface area contributed by atoms with Gasteiger partial charge in [0, 0.05) is 12.1 Å². The van der Waals surface area contributed by atoms with E-state index in [2.05, 4.69) is 16.7 Å². The summed E-state index contributed by atoms with van der Waals surface area (Å²) in [6.45, 7) is -0.168. The van der Waals surface area contributed by atoms with Crippen molar-refractivity contribution in [3.63, 3.8) is 0 Å². The average molecular weight is 553 g/mol. The standard InChI is InChI=1S/C27H40N2O10/c1-15-8-20(34)19(25-24(37)23(36)22(35)21(11-30)39-25)10-18(15)9-17-4-2-16(3-5-17)6-7-28-26(38)29-27(12-31,13-32)14-33/h2,4-5,8,10,16,21-25,30-37H,3,6-7,9,11-14H2,1H3,(H2,28,29,38)/t16?,21-,22-,23+,24-,25+/m1/s1. The summed E-state index contributed by atoms with van der Waals surface area (Å²) in [7, 11) is 0. The van der Waals surface area contributed by atoms with Crippen molar-refractivity contribution in [3.8, 4) is 5.75 Å². The highest BCUT2D eigenvalue weighted by Gasteiger charge is 2.44. The largest absolute Gasteiger partial charge is 0.508 e. The minimum Gasteiger partial charge on any atom is -0.508 e. The number of nitrogens with one attached hydrogen (secondary N) is 2. The first-order valence-corrected chi connectivity index (χ1v) is 13.0. The molecule has 39 heavy (non-hydrogen) atoms. The number of benzene rings is 1. The number of aryl methyl sites for hydroxylation is 1. The quantitative estimate of drug-likeness (QED) is 0.156. The molecule has 1 aliphatic carbocycles. The molecule has 1 aromatic rings. The number of hydrogen-bond acceptors (Lipinski definition) is 10. The lowest BCUT2D eigenvalue weighted by Crippen LogP contribution is -2.59. The highest BCUT2D eigenvalue weighted by atomic mass is 16.5. The van der Waals surface area contributed by atoms with Gasteiger partial charge in [-0.25, -0.2) is 4.79 Å². The van der Waals surface area contributed by atoms with Crippen LogP contribution in [-0.4, -0.2) is 110 Å². The monoisotopic (exact) mass is 552 g/mol. The van der Waals surface area contributed by atoms with Gasteiger partial charge in [-0.2, -0.15) is 0 Å². The Balaban J connectivity index is 1.58. The summed E-state index contributed by atoms with van der Waals surface area (Å²) >= 11 is 0. The fourth-order valence-electron chi connectivity index (χ4n) is 4.73. The zero-order chi connectivity index (χ0) is 28.7. The van der Waals surface area contributed by atoms with Gasteiger partial charge < -0.3 is 56.2 Å². The molecular formula is C27H40N2O10. The second-order valence-electron chi connectivity index (χ2n) is 10.3. The maximum Gasteiger partial charge on any atom is 0.315 e. The van der Waals surface area contributed by atoms with Gasteiger partial charge in [-0.3, -0.25) is 0 Å². The van der Waals surface area contributed by atoms with Gasteiger partial charge in [-0.05, 0) is 60.9 Å². The van der Waals surface area contributed by atoms with E-state index in [1.54, 1.807) is 12.1 Å². The van der Waals surface area contributed by atoms with Gasteiger partial charge >= 0.3 is 6.03 Å². The predicted molar refractivity (Wildman–Crippen MR) is 140 cm³/mol. The zero-order valence-electron chi connectivity index (χ0n) is 21.9. The number of hydrogen-bond donors (Lipinski definition) is 10. The number of aliphatic hydroxyl groups excluding tert-OH is 7. The van der Waals surface area contributed by atoms with E-state index in [1.807, 2.05) is 19.1 Å². The number of carbonyl (C=O) groups is 1. The number of ether oxygens (including phenoxy) is 1. The van der Waals surface area contributed by atoms with Crippen molar-refractivity contribution in [2.45, 2.75) is 62.2 Å². The topological polar surface area (TPSA) is 212 Å². The number of allylic oxidation sites excluding steroid dienone is 4. The molecule has 0 spiro atoms. The first kappa shape index (κ1) is 31.0. The van der Waals surface area contributed by atoms with Crippen molar-refractivity contribution in [2.75, 3.05) is 33.0 Å². The van der Waals surface area contributed by atoms with E-state index in [1.165, 1.54) is 0 Å². The number of phenolic OH excluding ortho intramolecular Hbond substituents is 1. The smallest absolute Gasteiger partial charge is 0.315 e. The molecule has 0 bridgehead atoms. The van der Waals surface area contributed by atoms with Crippen molar-refractivity contribution < 1.29 is 50.4 Å². The second kappa shape index (κ2) is 13.7. The summed E-state index contributed by atoms with van der Waals surface area (Å²) < 4.78 is 5.63. The second-order valence-corrected chi connectivity index (χ2v) is 10.3. The van der Waals surface area contributed by atoms with Crippen molar-refractivity contribution in [1.29, 1.82) is 0 Å². The van der Waals surface area contributed by atoms with Gasteiger partial charge in [0.25, 0.3) is 0 Å². The molecule has 12 heteroatoms. The van der Waals surface area contributed by atoms with Crippen molar-refractivity contribution >= 4 is 6.03 Å². The van der Waals surface area contributed by atoms with Gasteiger partial charge in [0.15, 0.2) is 0 Å². The van der Waals surface area contributed by atoms with Crippen LogP contribution in [0.2, 0.25) is 0 Å². The van der Waals surface area contributed by atoms with E-state index in [9.17, 15) is 45.6 Å². The van der Waals surface area contributed by atoms with Crippen LogP contribution >= 0.6 is 0 Å². The third-order valence-electron chi connectivity index (χ3n) is 7.43. The van der Waals surface area contributed by atoms with Crippen molar-refractivity contribution in [3.05, 3.63) is 52.6 Å². The molecule has 6 atom stereocenters. The van der Waals surface area contributed by atoms with E-state index < -0.39 is 68.5 Å². The molecule has 12 nitrogen and oxygen atoms in total. The lowest BCUT2D eigenvalue weighted by molar-refractivity contribution is -0.232. The van der Waals surface area contributed by atoms with E-state index >= 15 is 0 Å². The van der Waals surface area contributed by atoms with Crippen LogP contribution in [0.4, 0.5) is 4.79 Å². The van der Waals surface area contributed by atoms with Crippen LogP contribution in [0.15, 0.2) is 35.9 Å². The first-order valence-electron chi connectivity index (χ1n) is 13.0. The Labute approximate surface area is 226 Å². The molecule has 2 amide bonds. The van der Waals surface area contributed by atoms with Gasteiger partial charge in [-0.1, -0.05) is 18.2 Å². The van der Waals surface area contributed by atoms with Crippen LogP contribution in [0, 0.1) is 12.8 Å². The molecule has 1 fully saturated rings. The van der Waals surface area contributed by atoms with E-state index in [0.717, 1.165) is 23.1 Å². The van der Waals surface area contributed by atoms with Crippen molar-refractivity contribution in [2.24, 2.45) is 5.92 Å². The van der Waals surface area contributed by atoms with Gasteiger partial charge in [0.05, 0.1) is 26.4 Å². The average Bonchev–Trinajstić information content (AvgIpc) is 2.93. The van der Waals surface area contributed by atoms with Crippen LogP contribution in [-0.2, 0) is 11.2 Å². The number of amides is 2. The van der Waals surface area contributed by atoms with Gasteiger partial charge in [0.2, 0.25) is 0 Å². The molecule has 3 rings (SSSR count). The number of aromatic hydroxyl groups is 1. The van der Waals surface area contributed by atoms with E-state index in [0.29, 0.717) is 19.4 Å². The summed E-state index contributed by atoms with van der Waals surface area (Å²) in [6.07, 6.45) is 1.28. The van der Waals surface area contributed by atoms with Crippen LogP contribution in [0.3, 0.4) is 0 Å². The summed E-state index contributed by atoms with van der Waals surface area (Å²) in [6, 6.07) is 2.66. The van der Waals surface area contributed by atoms with Crippen LogP contribution in [0.1, 0.15) is 35.6 Å². The maximum absolute atomic E-state index is 12.1. The SMILES string of the molecule is Cc1cc(O)c([C@@H]2O[C@H](CO)[C@@H](O)[C@H](O)[C@H]2O)cc1CC1=CCC(CCNC(=O)NC(CO)(CO)CO)C=C1. The van der Waals surface area contributed by atoms with Crippen LogP contribution in [0.5, 0.6) is 5.75 Å². The predicted octanol–water partition coefficient (Wildman–Crippen LogP) is -1.33. The number of rotatable bonds is 11. The summed E-state index contributed by atoms with van der Waals surface area (Å²) in [4.78, 5) is 12.1. The highest BCUT2D eigenvalue weighted by molar-refractivity contribution is 5.74.